The van der Waals surface area contributed by atoms with Crippen molar-refractivity contribution in [1.29, 1.82) is 0 Å². The van der Waals surface area contributed by atoms with Gasteiger partial charge in [0.25, 0.3) is 17.1 Å². The van der Waals surface area contributed by atoms with E-state index < -0.39 is 5.97 Å². The number of thioether (sulfide) groups is 1. The van der Waals surface area contributed by atoms with E-state index in [1.165, 1.54) is 16.2 Å². The first kappa shape index (κ1) is 27.4. The van der Waals surface area contributed by atoms with Crippen LogP contribution in [0.2, 0.25) is 0 Å². The fourth-order valence-corrected chi connectivity index (χ4v) is 7.10. The zero-order chi connectivity index (χ0) is 27.5. The number of benzene rings is 2. The number of fused-ring (bicyclic) bond motifs is 1. The quantitative estimate of drug-likeness (QED) is 0.223. The van der Waals surface area contributed by atoms with Gasteiger partial charge < -0.3 is 10.1 Å². The van der Waals surface area contributed by atoms with Crippen LogP contribution in [0.3, 0.4) is 0 Å². The highest BCUT2D eigenvalue weighted by molar-refractivity contribution is 9.10. The van der Waals surface area contributed by atoms with Crippen molar-refractivity contribution < 1.29 is 23.9 Å². The summed E-state index contributed by atoms with van der Waals surface area (Å²) >= 11 is 5.76. The summed E-state index contributed by atoms with van der Waals surface area (Å²) in [5.74, 6) is -1.09. The van der Waals surface area contributed by atoms with E-state index in [4.69, 9.17) is 4.74 Å². The van der Waals surface area contributed by atoms with E-state index in [0.717, 1.165) is 63.5 Å². The van der Waals surface area contributed by atoms with Gasteiger partial charge in [0.1, 0.15) is 5.00 Å². The second kappa shape index (κ2) is 11.9. The number of nitrogens with zero attached hydrogens (tertiary/aromatic N) is 1. The smallest absolute Gasteiger partial charge is 0.341 e. The molecule has 0 unspecified atom stereocenters. The highest BCUT2D eigenvalue weighted by Crippen LogP contribution is 2.39. The number of thiophene rings is 1. The summed E-state index contributed by atoms with van der Waals surface area (Å²) < 4.78 is 6.16. The Balaban J connectivity index is 1.28. The van der Waals surface area contributed by atoms with Crippen LogP contribution in [0.1, 0.15) is 62.0 Å². The number of carbonyl (C=O) groups excluding carboxylic acids is 4. The topological polar surface area (TPSA) is 92.8 Å². The van der Waals surface area contributed by atoms with Crippen molar-refractivity contribution in [3.05, 3.63) is 90.6 Å². The predicted molar refractivity (Wildman–Crippen MR) is 157 cm³/mol. The maximum atomic E-state index is 13.1. The number of halogens is 1. The van der Waals surface area contributed by atoms with E-state index in [0.29, 0.717) is 21.0 Å². The molecule has 39 heavy (non-hydrogen) atoms. The van der Waals surface area contributed by atoms with Gasteiger partial charge in [-0.3, -0.25) is 19.3 Å². The van der Waals surface area contributed by atoms with Crippen LogP contribution in [0.25, 0.3) is 6.08 Å². The Hall–Kier alpha value is -3.21. The number of ether oxygens (including phenoxy) is 1. The number of imide groups is 1. The molecule has 0 saturated carbocycles. The van der Waals surface area contributed by atoms with E-state index in [1.54, 1.807) is 37.3 Å². The average molecular weight is 626 g/mol. The summed E-state index contributed by atoms with van der Waals surface area (Å²) in [5.41, 5.74) is 3.40. The monoisotopic (exact) mass is 624 g/mol. The second-order valence-corrected chi connectivity index (χ2v) is 12.1. The molecule has 3 aromatic rings. The normalized spacial score (nSPS) is 15.9. The number of esters is 1. The molecule has 0 spiro atoms. The molecule has 1 aromatic heterocycles. The molecule has 3 amide bonds. The summed E-state index contributed by atoms with van der Waals surface area (Å²) in [6.07, 6.45) is 5.47. The molecule has 7 nitrogen and oxygen atoms in total. The van der Waals surface area contributed by atoms with Crippen molar-refractivity contribution in [2.45, 2.75) is 39.2 Å². The lowest BCUT2D eigenvalue weighted by Gasteiger charge is -2.13. The van der Waals surface area contributed by atoms with Crippen LogP contribution in [0, 0.1) is 0 Å². The lowest BCUT2D eigenvalue weighted by molar-refractivity contribution is -0.123. The maximum absolute atomic E-state index is 13.1. The molecular weight excluding hydrogens is 600 g/mol. The van der Waals surface area contributed by atoms with E-state index in [2.05, 4.69) is 21.2 Å². The average Bonchev–Trinajstić information content (AvgIpc) is 3.41. The van der Waals surface area contributed by atoms with E-state index >= 15 is 0 Å². The van der Waals surface area contributed by atoms with E-state index in [9.17, 15) is 19.2 Å². The van der Waals surface area contributed by atoms with Crippen LogP contribution in [-0.4, -0.2) is 34.5 Å². The Morgan fingerprint density at radius 3 is 2.62 bits per heavy atom. The molecule has 1 N–H and O–H groups in total. The Morgan fingerprint density at radius 2 is 1.87 bits per heavy atom. The molecular formula is C29H25BrN2O5S2. The number of hydrogen-bond donors (Lipinski definition) is 1. The Bertz CT molecular complexity index is 1500. The highest BCUT2D eigenvalue weighted by Gasteiger charge is 2.35. The SMILES string of the molecule is CCOC(=O)c1c(NC(=O)c2ccc(CN3C(=O)S/C(=C\c4cccc(Br)c4)C3=O)cc2)sc2c1CCCC2. The molecule has 0 bridgehead atoms. The summed E-state index contributed by atoms with van der Waals surface area (Å²) in [5, 5.41) is 3.09. The molecule has 5 rings (SSSR count). The van der Waals surface area contributed by atoms with Crippen LogP contribution in [0.15, 0.2) is 57.9 Å². The summed E-state index contributed by atoms with van der Waals surface area (Å²) in [6.45, 7) is 2.13. The third kappa shape index (κ3) is 6.03. The van der Waals surface area contributed by atoms with Gasteiger partial charge in [-0.05, 0) is 91.4 Å². The van der Waals surface area contributed by atoms with Crippen LogP contribution >= 0.6 is 39.0 Å². The summed E-state index contributed by atoms with van der Waals surface area (Å²) in [4.78, 5) is 53.9. The third-order valence-electron chi connectivity index (χ3n) is 6.45. The van der Waals surface area contributed by atoms with Crippen molar-refractivity contribution in [1.82, 2.24) is 4.90 Å². The van der Waals surface area contributed by atoms with Gasteiger partial charge in [-0.1, -0.05) is 40.2 Å². The molecule has 2 aromatic carbocycles. The van der Waals surface area contributed by atoms with Crippen molar-refractivity contribution in [2.24, 2.45) is 0 Å². The van der Waals surface area contributed by atoms with Crippen LogP contribution < -0.4 is 5.32 Å². The molecule has 1 saturated heterocycles. The van der Waals surface area contributed by atoms with Gasteiger partial charge in [-0.15, -0.1) is 11.3 Å². The second-order valence-electron chi connectivity index (χ2n) is 9.11. The van der Waals surface area contributed by atoms with Crippen molar-refractivity contribution in [3.8, 4) is 0 Å². The molecule has 0 atom stereocenters. The largest absolute Gasteiger partial charge is 0.462 e. The van der Waals surface area contributed by atoms with Crippen molar-refractivity contribution in [2.75, 3.05) is 11.9 Å². The van der Waals surface area contributed by atoms with Crippen molar-refractivity contribution >= 4 is 73.1 Å². The Kier molecular flexibility index (Phi) is 8.34. The maximum Gasteiger partial charge on any atom is 0.341 e. The number of hydrogen-bond acceptors (Lipinski definition) is 7. The minimum atomic E-state index is -0.409. The molecule has 200 valence electrons. The fraction of sp³-hybridized carbons (Fsp3) is 0.241. The van der Waals surface area contributed by atoms with Crippen LogP contribution in [-0.2, 0) is 28.9 Å². The van der Waals surface area contributed by atoms with Crippen LogP contribution in [0.4, 0.5) is 9.80 Å². The Labute approximate surface area is 242 Å². The first-order valence-electron chi connectivity index (χ1n) is 12.6. The predicted octanol–water partition coefficient (Wildman–Crippen LogP) is 7.05. The fourth-order valence-electron chi connectivity index (χ4n) is 4.58. The zero-order valence-electron chi connectivity index (χ0n) is 21.1. The van der Waals surface area contributed by atoms with Gasteiger partial charge in [0, 0.05) is 14.9 Å². The van der Waals surface area contributed by atoms with Gasteiger partial charge in [-0.25, -0.2) is 4.79 Å². The number of nitrogens with one attached hydrogen (secondary N) is 1. The zero-order valence-corrected chi connectivity index (χ0v) is 24.3. The minimum Gasteiger partial charge on any atom is -0.462 e. The van der Waals surface area contributed by atoms with E-state index in [1.807, 2.05) is 24.3 Å². The van der Waals surface area contributed by atoms with Gasteiger partial charge in [0.05, 0.1) is 23.6 Å². The standard InChI is InChI=1S/C29H25BrN2O5S2/c1-2-37-28(35)24-21-8-3-4-9-22(21)38-26(24)31-25(33)19-12-10-17(11-13-19)16-32-27(34)23(39-29(32)36)15-18-6-5-7-20(30)14-18/h5-7,10-15H,2-4,8-9,16H2,1H3,(H,31,33)/b23-15-. The number of aryl methyl sites for hydroxylation is 1. The Morgan fingerprint density at radius 1 is 1.10 bits per heavy atom. The van der Waals surface area contributed by atoms with Gasteiger partial charge in [0.15, 0.2) is 0 Å². The van der Waals surface area contributed by atoms with Gasteiger partial charge in [0.2, 0.25) is 0 Å². The molecule has 0 radical (unpaired) electrons. The lowest BCUT2D eigenvalue weighted by Crippen LogP contribution is -2.27. The molecule has 2 heterocycles. The summed E-state index contributed by atoms with van der Waals surface area (Å²) in [7, 11) is 0. The summed E-state index contributed by atoms with van der Waals surface area (Å²) in [6, 6.07) is 14.2. The van der Waals surface area contributed by atoms with E-state index in [-0.39, 0.29) is 30.2 Å². The lowest BCUT2D eigenvalue weighted by atomic mass is 9.95. The van der Waals surface area contributed by atoms with Gasteiger partial charge >= 0.3 is 5.97 Å². The molecule has 1 aliphatic carbocycles. The first-order chi connectivity index (χ1) is 18.8. The van der Waals surface area contributed by atoms with Crippen molar-refractivity contribution in [3.63, 3.8) is 0 Å². The highest BCUT2D eigenvalue weighted by atomic mass is 79.9. The third-order valence-corrected chi connectivity index (χ3v) is 9.06. The van der Waals surface area contributed by atoms with Crippen LogP contribution in [0.5, 0.6) is 0 Å². The number of carbonyl (C=O) groups is 4. The molecule has 10 heteroatoms. The number of rotatable bonds is 7. The molecule has 1 fully saturated rings. The molecule has 1 aliphatic heterocycles. The molecule has 2 aliphatic rings. The number of anilines is 1. The van der Waals surface area contributed by atoms with Gasteiger partial charge in [-0.2, -0.15) is 0 Å². The minimum absolute atomic E-state index is 0.104. The first-order valence-corrected chi connectivity index (χ1v) is 15.0. The number of amides is 3.